The summed E-state index contributed by atoms with van der Waals surface area (Å²) in [6.07, 6.45) is 1.20. The zero-order valence-corrected chi connectivity index (χ0v) is 13.7. The fourth-order valence-corrected chi connectivity index (χ4v) is 3.64. The summed E-state index contributed by atoms with van der Waals surface area (Å²) in [7, 11) is 2.16. The average molecular weight is 370 g/mol. The summed E-state index contributed by atoms with van der Waals surface area (Å²) in [6, 6.07) is 2.19. The quantitative estimate of drug-likeness (QED) is 0.737. The lowest BCUT2D eigenvalue weighted by Gasteiger charge is -2.15. The molecule has 0 aliphatic carbocycles. The van der Waals surface area contributed by atoms with Crippen LogP contribution in [-0.4, -0.2) is 31.6 Å². The number of hydrogen-bond donors (Lipinski definition) is 1. The zero-order valence-electron chi connectivity index (χ0n) is 9.72. The van der Waals surface area contributed by atoms with Gasteiger partial charge in [-0.1, -0.05) is 6.92 Å². The van der Waals surface area contributed by atoms with E-state index in [1.165, 1.54) is 15.1 Å². The first-order valence-electron chi connectivity index (χ1n) is 5.46. The van der Waals surface area contributed by atoms with Crippen molar-refractivity contribution in [1.82, 2.24) is 10.2 Å². The second-order valence-electron chi connectivity index (χ2n) is 3.82. The van der Waals surface area contributed by atoms with E-state index in [-0.39, 0.29) is 0 Å². The van der Waals surface area contributed by atoms with E-state index in [1.807, 2.05) is 0 Å². The standard InChI is InChI=1S/C11H18Br2N2S/c1-3-4-14-5-6-15(2)8-9-7-10(12)11(13)16-9/h7,14H,3-6,8H2,1-2H3. The van der Waals surface area contributed by atoms with Gasteiger partial charge in [-0.3, -0.25) is 0 Å². The van der Waals surface area contributed by atoms with Gasteiger partial charge in [-0.15, -0.1) is 11.3 Å². The van der Waals surface area contributed by atoms with Crippen LogP contribution in [0.1, 0.15) is 18.2 Å². The molecule has 0 aliphatic heterocycles. The lowest BCUT2D eigenvalue weighted by atomic mass is 10.4. The number of likely N-dealkylation sites (N-methyl/N-ethyl adjacent to an activating group) is 1. The third-order valence-corrected chi connectivity index (χ3v) is 5.46. The summed E-state index contributed by atoms with van der Waals surface area (Å²) >= 11 is 8.83. The number of halogens is 2. The van der Waals surface area contributed by atoms with Crippen molar-refractivity contribution in [2.75, 3.05) is 26.7 Å². The average Bonchev–Trinajstić information content (AvgIpc) is 2.53. The molecule has 1 N–H and O–H groups in total. The van der Waals surface area contributed by atoms with E-state index in [4.69, 9.17) is 0 Å². The van der Waals surface area contributed by atoms with Gasteiger partial charge in [0.15, 0.2) is 0 Å². The van der Waals surface area contributed by atoms with E-state index in [1.54, 1.807) is 11.3 Å². The minimum absolute atomic E-state index is 1.02. The molecule has 1 aromatic rings. The molecule has 16 heavy (non-hydrogen) atoms. The Balaban J connectivity index is 2.25. The molecule has 0 fully saturated rings. The van der Waals surface area contributed by atoms with Gasteiger partial charge < -0.3 is 10.2 Å². The normalized spacial score (nSPS) is 11.3. The Bertz CT molecular complexity index is 295. The van der Waals surface area contributed by atoms with Crippen LogP contribution in [0.3, 0.4) is 0 Å². The number of rotatable bonds is 7. The lowest BCUT2D eigenvalue weighted by molar-refractivity contribution is 0.327. The molecule has 0 aromatic carbocycles. The fraction of sp³-hybridized carbons (Fsp3) is 0.636. The number of hydrogen-bond acceptors (Lipinski definition) is 3. The second kappa shape index (κ2) is 7.82. The molecule has 5 heteroatoms. The van der Waals surface area contributed by atoms with E-state index in [9.17, 15) is 0 Å². The highest BCUT2D eigenvalue weighted by molar-refractivity contribution is 9.13. The Kier molecular flexibility index (Phi) is 7.16. The van der Waals surface area contributed by atoms with Crippen LogP contribution in [0.2, 0.25) is 0 Å². The third-order valence-electron chi connectivity index (χ3n) is 2.22. The summed E-state index contributed by atoms with van der Waals surface area (Å²) in [6.45, 7) is 6.48. The van der Waals surface area contributed by atoms with E-state index in [2.05, 4.69) is 62.1 Å². The molecule has 0 aliphatic rings. The largest absolute Gasteiger partial charge is 0.315 e. The van der Waals surface area contributed by atoms with Gasteiger partial charge in [0.2, 0.25) is 0 Å². The maximum absolute atomic E-state index is 3.52. The molecular weight excluding hydrogens is 352 g/mol. The number of nitrogens with one attached hydrogen (secondary N) is 1. The zero-order chi connectivity index (χ0) is 12.0. The minimum atomic E-state index is 1.02. The van der Waals surface area contributed by atoms with Crippen LogP contribution < -0.4 is 5.32 Å². The molecule has 0 atom stereocenters. The molecule has 0 unspecified atom stereocenters. The van der Waals surface area contributed by atoms with Crippen molar-refractivity contribution >= 4 is 43.2 Å². The van der Waals surface area contributed by atoms with Gasteiger partial charge in [0, 0.05) is 29.0 Å². The SMILES string of the molecule is CCCNCCN(C)Cc1cc(Br)c(Br)s1. The van der Waals surface area contributed by atoms with Crippen LogP contribution in [0.4, 0.5) is 0 Å². The fourth-order valence-electron chi connectivity index (χ4n) is 1.39. The van der Waals surface area contributed by atoms with Gasteiger partial charge in [-0.2, -0.15) is 0 Å². The number of nitrogens with zero attached hydrogens (tertiary/aromatic N) is 1. The first-order valence-corrected chi connectivity index (χ1v) is 7.86. The Labute approximate surface area is 119 Å². The van der Waals surface area contributed by atoms with Crippen LogP contribution >= 0.6 is 43.2 Å². The van der Waals surface area contributed by atoms with Crippen LogP contribution in [-0.2, 0) is 6.54 Å². The Morgan fingerprint density at radius 3 is 2.69 bits per heavy atom. The summed E-state index contributed by atoms with van der Waals surface area (Å²) < 4.78 is 2.34. The summed E-state index contributed by atoms with van der Waals surface area (Å²) in [5.74, 6) is 0. The molecule has 92 valence electrons. The van der Waals surface area contributed by atoms with Crippen molar-refractivity contribution in [3.05, 3.63) is 19.2 Å². The molecule has 0 bridgehead atoms. The van der Waals surface area contributed by atoms with Crippen LogP contribution in [0.25, 0.3) is 0 Å². The molecule has 0 amide bonds. The van der Waals surface area contributed by atoms with Gasteiger partial charge in [0.05, 0.1) is 3.79 Å². The van der Waals surface area contributed by atoms with E-state index in [0.717, 1.165) is 30.7 Å². The predicted octanol–water partition coefficient (Wildman–Crippen LogP) is 3.70. The molecule has 0 saturated heterocycles. The molecule has 1 rings (SSSR count). The van der Waals surface area contributed by atoms with E-state index >= 15 is 0 Å². The summed E-state index contributed by atoms with van der Waals surface area (Å²) in [5.41, 5.74) is 0. The highest BCUT2D eigenvalue weighted by Crippen LogP contribution is 2.32. The Morgan fingerprint density at radius 2 is 2.12 bits per heavy atom. The first kappa shape index (κ1) is 14.6. The van der Waals surface area contributed by atoms with Crippen LogP contribution in [0, 0.1) is 0 Å². The molecule has 0 spiro atoms. The molecule has 1 aromatic heterocycles. The molecule has 0 radical (unpaired) electrons. The monoisotopic (exact) mass is 368 g/mol. The molecular formula is C11H18Br2N2S. The lowest BCUT2D eigenvalue weighted by Crippen LogP contribution is -2.29. The minimum Gasteiger partial charge on any atom is -0.315 e. The smallest absolute Gasteiger partial charge is 0.0843 e. The third kappa shape index (κ3) is 5.27. The van der Waals surface area contributed by atoms with Crippen molar-refractivity contribution in [3.63, 3.8) is 0 Å². The predicted molar refractivity (Wildman–Crippen MR) is 79.2 cm³/mol. The van der Waals surface area contributed by atoms with Crippen molar-refractivity contribution < 1.29 is 0 Å². The maximum Gasteiger partial charge on any atom is 0.0843 e. The van der Waals surface area contributed by atoms with E-state index in [0.29, 0.717) is 0 Å². The van der Waals surface area contributed by atoms with Gasteiger partial charge in [0.25, 0.3) is 0 Å². The van der Waals surface area contributed by atoms with Crippen LogP contribution in [0.5, 0.6) is 0 Å². The number of thiophene rings is 1. The summed E-state index contributed by atoms with van der Waals surface area (Å²) in [5, 5.41) is 3.41. The highest BCUT2D eigenvalue weighted by atomic mass is 79.9. The van der Waals surface area contributed by atoms with Crippen molar-refractivity contribution in [3.8, 4) is 0 Å². The van der Waals surface area contributed by atoms with Crippen molar-refractivity contribution in [2.45, 2.75) is 19.9 Å². The second-order valence-corrected chi connectivity index (χ2v) is 7.13. The van der Waals surface area contributed by atoms with Gasteiger partial charge in [-0.25, -0.2) is 0 Å². The Morgan fingerprint density at radius 1 is 1.38 bits per heavy atom. The maximum atomic E-state index is 3.52. The molecule has 0 saturated carbocycles. The van der Waals surface area contributed by atoms with Crippen LogP contribution in [0.15, 0.2) is 14.3 Å². The topological polar surface area (TPSA) is 15.3 Å². The molecule has 2 nitrogen and oxygen atoms in total. The first-order chi connectivity index (χ1) is 7.63. The highest BCUT2D eigenvalue weighted by Gasteiger charge is 2.06. The summed E-state index contributed by atoms with van der Waals surface area (Å²) in [4.78, 5) is 3.73. The van der Waals surface area contributed by atoms with Gasteiger partial charge in [0.1, 0.15) is 0 Å². The molecule has 1 heterocycles. The van der Waals surface area contributed by atoms with Gasteiger partial charge in [-0.05, 0) is 57.9 Å². The van der Waals surface area contributed by atoms with Gasteiger partial charge >= 0.3 is 0 Å². The Hall–Kier alpha value is 0.580. The van der Waals surface area contributed by atoms with E-state index < -0.39 is 0 Å². The van der Waals surface area contributed by atoms with Crippen molar-refractivity contribution in [2.24, 2.45) is 0 Å². The van der Waals surface area contributed by atoms with Crippen molar-refractivity contribution in [1.29, 1.82) is 0 Å².